The molecule has 2 nitrogen and oxygen atoms in total. The first-order valence-electron chi connectivity index (χ1n) is 6.16. The molecule has 0 unspecified atom stereocenters. The Morgan fingerprint density at radius 3 is 2.47 bits per heavy atom. The van der Waals surface area contributed by atoms with Crippen LogP contribution in [0.3, 0.4) is 0 Å². The van der Waals surface area contributed by atoms with E-state index in [0.717, 1.165) is 22.3 Å². The third-order valence-corrected chi connectivity index (χ3v) is 3.26. The summed E-state index contributed by atoms with van der Waals surface area (Å²) < 4.78 is 0. The highest BCUT2D eigenvalue weighted by Crippen LogP contribution is 2.12. The molecular weight excluding hydrogens is 258 g/mol. The van der Waals surface area contributed by atoms with Crippen molar-refractivity contribution in [2.75, 3.05) is 0 Å². The van der Waals surface area contributed by atoms with E-state index in [9.17, 15) is 4.79 Å². The average molecular weight is 274 g/mol. The van der Waals surface area contributed by atoms with Crippen LogP contribution in [0.2, 0.25) is 5.02 Å². The molecule has 0 aliphatic carbocycles. The summed E-state index contributed by atoms with van der Waals surface area (Å²) in [4.78, 5) is 12.1. The Labute approximate surface area is 118 Å². The Balaban J connectivity index is 2.05. The number of amides is 1. The molecule has 98 valence electrons. The van der Waals surface area contributed by atoms with Crippen LogP contribution in [0.15, 0.2) is 42.5 Å². The van der Waals surface area contributed by atoms with Crippen molar-refractivity contribution < 1.29 is 4.79 Å². The van der Waals surface area contributed by atoms with Gasteiger partial charge in [-0.05, 0) is 43.2 Å². The van der Waals surface area contributed by atoms with E-state index in [4.69, 9.17) is 11.6 Å². The standard InChI is InChI=1S/C16H16ClNO/c1-11-3-4-12(2)15(9-11)16(19)18-10-13-5-7-14(17)8-6-13/h3-9H,10H2,1-2H3,(H,18,19). The van der Waals surface area contributed by atoms with Crippen LogP contribution in [-0.2, 0) is 6.54 Å². The second-order valence-electron chi connectivity index (χ2n) is 4.63. The molecule has 2 rings (SSSR count). The van der Waals surface area contributed by atoms with E-state index in [1.54, 1.807) is 0 Å². The Morgan fingerprint density at radius 2 is 1.79 bits per heavy atom. The maximum Gasteiger partial charge on any atom is 0.251 e. The highest BCUT2D eigenvalue weighted by molar-refractivity contribution is 6.30. The second kappa shape index (κ2) is 5.89. The lowest BCUT2D eigenvalue weighted by Gasteiger charge is -2.08. The fourth-order valence-electron chi connectivity index (χ4n) is 1.86. The van der Waals surface area contributed by atoms with Gasteiger partial charge in [-0.3, -0.25) is 4.79 Å². The Hall–Kier alpha value is -1.80. The first kappa shape index (κ1) is 13.6. The van der Waals surface area contributed by atoms with Crippen LogP contribution in [0.5, 0.6) is 0 Å². The van der Waals surface area contributed by atoms with Crippen molar-refractivity contribution >= 4 is 17.5 Å². The van der Waals surface area contributed by atoms with Crippen LogP contribution in [0.25, 0.3) is 0 Å². The van der Waals surface area contributed by atoms with E-state index in [-0.39, 0.29) is 5.91 Å². The van der Waals surface area contributed by atoms with Crippen molar-refractivity contribution in [2.45, 2.75) is 20.4 Å². The zero-order valence-corrected chi connectivity index (χ0v) is 11.8. The molecule has 0 spiro atoms. The van der Waals surface area contributed by atoms with Gasteiger partial charge in [0.15, 0.2) is 0 Å². The summed E-state index contributed by atoms with van der Waals surface area (Å²) in [5.41, 5.74) is 3.83. The SMILES string of the molecule is Cc1ccc(C)c(C(=O)NCc2ccc(Cl)cc2)c1. The maximum atomic E-state index is 12.1. The summed E-state index contributed by atoms with van der Waals surface area (Å²) in [6.07, 6.45) is 0. The largest absolute Gasteiger partial charge is 0.348 e. The molecule has 0 saturated carbocycles. The van der Waals surface area contributed by atoms with E-state index in [2.05, 4.69) is 5.32 Å². The number of hydrogen-bond acceptors (Lipinski definition) is 1. The van der Waals surface area contributed by atoms with Crippen LogP contribution in [0.4, 0.5) is 0 Å². The van der Waals surface area contributed by atoms with Gasteiger partial charge in [-0.2, -0.15) is 0 Å². The minimum Gasteiger partial charge on any atom is -0.348 e. The fourth-order valence-corrected chi connectivity index (χ4v) is 1.99. The third-order valence-electron chi connectivity index (χ3n) is 3.00. The van der Waals surface area contributed by atoms with Crippen molar-refractivity contribution in [3.63, 3.8) is 0 Å². The van der Waals surface area contributed by atoms with Crippen LogP contribution < -0.4 is 5.32 Å². The summed E-state index contributed by atoms with van der Waals surface area (Å²) in [7, 11) is 0. The molecule has 2 aromatic rings. The van der Waals surface area contributed by atoms with Crippen LogP contribution in [0.1, 0.15) is 27.0 Å². The zero-order valence-electron chi connectivity index (χ0n) is 11.0. The monoisotopic (exact) mass is 273 g/mol. The number of benzene rings is 2. The molecular formula is C16H16ClNO. The Bertz CT molecular complexity index is 590. The van der Waals surface area contributed by atoms with Crippen molar-refractivity contribution in [3.8, 4) is 0 Å². The molecule has 0 radical (unpaired) electrons. The predicted molar refractivity (Wildman–Crippen MR) is 78.5 cm³/mol. The summed E-state index contributed by atoms with van der Waals surface area (Å²) in [5.74, 6) is -0.0452. The van der Waals surface area contributed by atoms with Gasteiger partial charge in [0.1, 0.15) is 0 Å². The zero-order chi connectivity index (χ0) is 13.8. The number of carbonyl (C=O) groups is 1. The number of carbonyl (C=O) groups excluding carboxylic acids is 1. The van der Waals surface area contributed by atoms with Gasteiger partial charge in [-0.1, -0.05) is 41.4 Å². The minimum absolute atomic E-state index is 0.0452. The van der Waals surface area contributed by atoms with Crippen molar-refractivity contribution in [2.24, 2.45) is 0 Å². The van der Waals surface area contributed by atoms with Gasteiger partial charge in [0.25, 0.3) is 5.91 Å². The van der Waals surface area contributed by atoms with Gasteiger partial charge in [0.2, 0.25) is 0 Å². The van der Waals surface area contributed by atoms with Gasteiger partial charge in [-0.15, -0.1) is 0 Å². The van der Waals surface area contributed by atoms with Gasteiger partial charge in [0, 0.05) is 17.1 Å². The van der Waals surface area contributed by atoms with Crippen LogP contribution >= 0.6 is 11.6 Å². The molecule has 0 aromatic heterocycles. The third kappa shape index (κ3) is 3.58. The summed E-state index contributed by atoms with van der Waals surface area (Å²) in [6.45, 7) is 4.43. The molecule has 0 fully saturated rings. The number of halogens is 1. The van der Waals surface area contributed by atoms with E-state index in [1.165, 1.54) is 0 Å². The van der Waals surface area contributed by atoms with E-state index in [0.29, 0.717) is 11.6 Å². The van der Waals surface area contributed by atoms with Crippen molar-refractivity contribution in [1.82, 2.24) is 5.32 Å². The Morgan fingerprint density at radius 1 is 1.11 bits per heavy atom. The molecule has 1 N–H and O–H groups in total. The highest BCUT2D eigenvalue weighted by Gasteiger charge is 2.08. The Kier molecular flexibility index (Phi) is 4.23. The van der Waals surface area contributed by atoms with Crippen LogP contribution in [0, 0.1) is 13.8 Å². The topological polar surface area (TPSA) is 29.1 Å². The van der Waals surface area contributed by atoms with Gasteiger partial charge in [0.05, 0.1) is 0 Å². The molecule has 2 aromatic carbocycles. The molecule has 0 heterocycles. The molecule has 0 saturated heterocycles. The molecule has 0 aliphatic rings. The van der Waals surface area contributed by atoms with E-state index >= 15 is 0 Å². The number of rotatable bonds is 3. The predicted octanol–water partition coefficient (Wildman–Crippen LogP) is 3.89. The van der Waals surface area contributed by atoms with Crippen molar-refractivity contribution in [3.05, 3.63) is 69.7 Å². The second-order valence-corrected chi connectivity index (χ2v) is 5.06. The number of aryl methyl sites for hydroxylation is 2. The maximum absolute atomic E-state index is 12.1. The van der Waals surface area contributed by atoms with E-state index < -0.39 is 0 Å². The lowest BCUT2D eigenvalue weighted by molar-refractivity contribution is 0.0950. The molecule has 3 heteroatoms. The number of nitrogens with one attached hydrogen (secondary N) is 1. The molecule has 0 bridgehead atoms. The molecule has 1 amide bonds. The fraction of sp³-hybridized carbons (Fsp3) is 0.188. The summed E-state index contributed by atoms with van der Waals surface area (Å²) >= 11 is 5.82. The summed E-state index contributed by atoms with van der Waals surface area (Å²) in [6, 6.07) is 13.3. The smallest absolute Gasteiger partial charge is 0.251 e. The minimum atomic E-state index is -0.0452. The molecule has 19 heavy (non-hydrogen) atoms. The van der Waals surface area contributed by atoms with Gasteiger partial charge in [-0.25, -0.2) is 0 Å². The highest BCUT2D eigenvalue weighted by atomic mass is 35.5. The molecule has 0 aliphatic heterocycles. The van der Waals surface area contributed by atoms with E-state index in [1.807, 2.05) is 56.3 Å². The first-order valence-corrected chi connectivity index (χ1v) is 6.54. The summed E-state index contributed by atoms with van der Waals surface area (Å²) in [5, 5.41) is 3.62. The lowest BCUT2D eigenvalue weighted by atomic mass is 10.1. The number of hydrogen-bond donors (Lipinski definition) is 1. The lowest BCUT2D eigenvalue weighted by Crippen LogP contribution is -2.23. The first-order chi connectivity index (χ1) is 9.06. The molecule has 0 atom stereocenters. The van der Waals surface area contributed by atoms with Crippen molar-refractivity contribution in [1.29, 1.82) is 0 Å². The van der Waals surface area contributed by atoms with Gasteiger partial charge >= 0.3 is 0 Å². The normalized spacial score (nSPS) is 10.3. The quantitative estimate of drug-likeness (QED) is 0.903. The van der Waals surface area contributed by atoms with Crippen LogP contribution in [-0.4, -0.2) is 5.91 Å². The van der Waals surface area contributed by atoms with Gasteiger partial charge < -0.3 is 5.32 Å². The average Bonchev–Trinajstić information content (AvgIpc) is 2.40.